The second-order valence-corrected chi connectivity index (χ2v) is 6.08. The van der Waals surface area contributed by atoms with Crippen molar-refractivity contribution in [3.63, 3.8) is 0 Å². The van der Waals surface area contributed by atoms with Crippen molar-refractivity contribution in [2.75, 3.05) is 0 Å². The standard InChI is InChI=1S/C14H15ClINO/c1-7-8(2)13(17-9(7)3)14(18)11-6-10(15)4-5-12(11)16/h4-6,14,17-18H,1-3H3. The van der Waals surface area contributed by atoms with Crippen molar-refractivity contribution >= 4 is 34.2 Å². The van der Waals surface area contributed by atoms with Crippen molar-refractivity contribution in [2.24, 2.45) is 0 Å². The zero-order chi connectivity index (χ0) is 13.4. The number of benzene rings is 1. The lowest BCUT2D eigenvalue weighted by Gasteiger charge is -2.13. The first kappa shape index (κ1) is 13.9. The monoisotopic (exact) mass is 375 g/mol. The van der Waals surface area contributed by atoms with E-state index < -0.39 is 6.10 Å². The Morgan fingerprint density at radius 3 is 2.44 bits per heavy atom. The third kappa shape index (κ3) is 2.44. The van der Waals surface area contributed by atoms with Crippen LogP contribution in [0.25, 0.3) is 0 Å². The number of halogens is 2. The first-order chi connectivity index (χ1) is 8.41. The molecule has 2 nitrogen and oxygen atoms in total. The minimum atomic E-state index is -0.664. The number of aromatic amines is 1. The van der Waals surface area contributed by atoms with E-state index in [-0.39, 0.29) is 0 Å². The summed E-state index contributed by atoms with van der Waals surface area (Å²) in [7, 11) is 0. The predicted molar refractivity (Wildman–Crippen MR) is 83.2 cm³/mol. The van der Waals surface area contributed by atoms with Gasteiger partial charge in [0, 0.05) is 19.9 Å². The second-order valence-electron chi connectivity index (χ2n) is 4.48. The summed E-state index contributed by atoms with van der Waals surface area (Å²) in [5, 5.41) is 11.2. The van der Waals surface area contributed by atoms with Crippen LogP contribution in [0.1, 0.15) is 34.2 Å². The fraction of sp³-hybridized carbons (Fsp3) is 0.286. The number of aryl methyl sites for hydroxylation is 1. The number of aromatic nitrogens is 1. The van der Waals surface area contributed by atoms with Gasteiger partial charge in [0.25, 0.3) is 0 Å². The van der Waals surface area contributed by atoms with Gasteiger partial charge in [0.2, 0.25) is 0 Å². The van der Waals surface area contributed by atoms with E-state index in [1.807, 2.05) is 32.0 Å². The maximum Gasteiger partial charge on any atom is 0.120 e. The minimum absolute atomic E-state index is 0.641. The molecule has 0 saturated carbocycles. The summed E-state index contributed by atoms with van der Waals surface area (Å²) < 4.78 is 1.01. The van der Waals surface area contributed by atoms with Gasteiger partial charge in [-0.15, -0.1) is 0 Å². The van der Waals surface area contributed by atoms with Gasteiger partial charge in [-0.25, -0.2) is 0 Å². The van der Waals surface area contributed by atoms with Crippen molar-refractivity contribution in [1.29, 1.82) is 0 Å². The lowest BCUT2D eigenvalue weighted by molar-refractivity contribution is 0.214. The van der Waals surface area contributed by atoms with Gasteiger partial charge in [-0.3, -0.25) is 0 Å². The van der Waals surface area contributed by atoms with Gasteiger partial charge in [0.05, 0.1) is 5.69 Å². The molecule has 2 rings (SSSR count). The van der Waals surface area contributed by atoms with Gasteiger partial charge in [-0.05, 0) is 72.7 Å². The topological polar surface area (TPSA) is 36.0 Å². The van der Waals surface area contributed by atoms with Gasteiger partial charge in [0.1, 0.15) is 6.10 Å². The van der Waals surface area contributed by atoms with E-state index in [0.29, 0.717) is 5.02 Å². The van der Waals surface area contributed by atoms with E-state index in [2.05, 4.69) is 34.5 Å². The largest absolute Gasteiger partial charge is 0.382 e. The molecular formula is C14H15ClINO. The number of hydrogen-bond donors (Lipinski definition) is 2. The fourth-order valence-corrected chi connectivity index (χ4v) is 2.84. The molecule has 2 N–H and O–H groups in total. The zero-order valence-corrected chi connectivity index (χ0v) is 13.4. The number of aliphatic hydroxyl groups is 1. The van der Waals surface area contributed by atoms with Crippen LogP contribution in [-0.4, -0.2) is 10.1 Å². The molecule has 96 valence electrons. The van der Waals surface area contributed by atoms with Crippen LogP contribution in [0.2, 0.25) is 5.02 Å². The summed E-state index contributed by atoms with van der Waals surface area (Å²) in [6.45, 7) is 6.09. The van der Waals surface area contributed by atoms with E-state index in [1.54, 1.807) is 0 Å². The van der Waals surface area contributed by atoms with Gasteiger partial charge in [-0.2, -0.15) is 0 Å². The molecule has 0 aliphatic rings. The van der Waals surface area contributed by atoms with E-state index >= 15 is 0 Å². The lowest BCUT2D eigenvalue weighted by Crippen LogP contribution is -2.04. The molecule has 18 heavy (non-hydrogen) atoms. The molecule has 1 atom stereocenters. The average Bonchev–Trinajstić information content (AvgIpc) is 2.59. The minimum Gasteiger partial charge on any atom is -0.382 e. The van der Waals surface area contributed by atoms with Crippen LogP contribution in [0.3, 0.4) is 0 Å². The van der Waals surface area contributed by atoms with Crippen molar-refractivity contribution in [2.45, 2.75) is 26.9 Å². The molecule has 1 aromatic heterocycles. The summed E-state index contributed by atoms with van der Waals surface area (Å²) >= 11 is 8.21. The van der Waals surface area contributed by atoms with Gasteiger partial charge in [0.15, 0.2) is 0 Å². The van der Waals surface area contributed by atoms with E-state index in [0.717, 1.165) is 26.1 Å². The highest BCUT2D eigenvalue weighted by Gasteiger charge is 2.19. The Kier molecular flexibility index (Phi) is 4.04. The molecular weight excluding hydrogens is 361 g/mol. The Labute approximate surface area is 126 Å². The maximum absolute atomic E-state index is 10.5. The zero-order valence-electron chi connectivity index (χ0n) is 10.5. The van der Waals surface area contributed by atoms with Crippen LogP contribution in [0.4, 0.5) is 0 Å². The number of nitrogens with one attached hydrogen (secondary N) is 1. The molecule has 1 unspecified atom stereocenters. The number of aliphatic hydroxyl groups excluding tert-OH is 1. The summed E-state index contributed by atoms with van der Waals surface area (Å²) in [6, 6.07) is 5.57. The smallest absolute Gasteiger partial charge is 0.120 e. The SMILES string of the molecule is Cc1[nH]c(C(O)c2cc(Cl)ccc2I)c(C)c1C. The van der Waals surface area contributed by atoms with Crippen LogP contribution in [0.5, 0.6) is 0 Å². The average molecular weight is 376 g/mol. The van der Waals surface area contributed by atoms with Crippen LogP contribution < -0.4 is 0 Å². The predicted octanol–water partition coefficient (Wildman–Crippen LogP) is 4.28. The second kappa shape index (κ2) is 5.23. The lowest BCUT2D eigenvalue weighted by atomic mass is 10.0. The highest BCUT2D eigenvalue weighted by Crippen LogP contribution is 2.31. The number of hydrogen-bond acceptors (Lipinski definition) is 1. The molecule has 4 heteroatoms. The van der Waals surface area contributed by atoms with Crippen LogP contribution in [0, 0.1) is 24.3 Å². The third-order valence-electron chi connectivity index (χ3n) is 3.38. The van der Waals surface area contributed by atoms with Gasteiger partial charge in [-0.1, -0.05) is 11.6 Å². The first-order valence-corrected chi connectivity index (χ1v) is 7.16. The molecule has 0 spiro atoms. The molecule has 0 aliphatic carbocycles. The van der Waals surface area contributed by atoms with E-state index in [4.69, 9.17) is 11.6 Å². The normalized spacial score (nSPS) is 12.8. The number of H-pyrrole nitrogens is 1. The molecule has 0 radical (unpaired) electrons. The van der Waals surface area contributed by atoms with Crippen LogP contribution in [-0.2, 0) is 0 Å². The fourth-order valence-electron chi connectivity index (χ4n) is 2.03. The van der Waals surface area contributed by atoms with E-state index in [1.165, 1.54) is 5.56 Å². The van der Waals surface area contributed by atoms with Crippen molar-refractivity contribution in [1.82, 2.24) is 4.98 Å². The molecule has 1 heterocycles. The summed E-state index contributed by atoms with van der Waals surface area (Å²) in [5.41, 5.74) is 5.09. The third-order valence-corrected chi connectivity index (χ3v) is 4.59. The molecule has 0 amide bonds. The molecule has 0 fully saturated rings. The Morgan fingerprint density at radius 1 is 1.22 bits per heavy atom. The Hall–Kier alpha value is -0.520. The molecule has 0 bridgehead atoms. The van der Waals surface area contributed by atoms with Gasteiger partial charge >= 0.3 is 0 Å². The Bertz CT molecular complexity index is 592. The molecule has 1 aromatic carbocycles. The van der Waals surface area contributed by atoms with Crippen molar-refractivity contribution in [3.8, 4) is 0 Å². The van der Waals surface area contributed by atoms with Crippen LogP contribution >= 0.6 is 34.2 Å². The summed E-state index contributed by atoms with van der Waals surface area (Å²) in [4.78, 5) is 3.26. The summed E-state index contributed by atoms with van der Waals surface area (Å²) in [5.74, 6) is 0. The highest BCUT2D eigenvalue weighted by molar-refractivity contribution is 14.1. The van der Waals surface area contributed by atoms with Gasteiger partial charge < -0.3 is 10.1 Å². The number of rotatable bonds is 2. The van der Waals surface area contributed by atoms with Crippen molar-refractivity contribution in [3.05, 3.63) is 54.9 Å². The summed E-state index contributed by atoms with van der Waals surface area (Å²) in [6.07, 6.45) is -0.664. The molecule has 0 aliphatic heterocycles. The molecule has 2 aromatic rings. The Balaban J connectivity index is 2.50. The highest BCUT2D eigenvalue weighted by atomic mass is 127. The quantitative estimate of drug-likeness (QED) is 0.755. The van der Waals surface area contributed by atoms with Crippen LogP contribution in [0.15, 0.2) is 18.2 Å². The Morgan fingerprint density at radius 2 is 1.89 bits per heavy atom. The first-order valence-electron chi connectivity index (χ1n) is 5.70. The van der Waals surface area contributed by atoms with E-state index in [9.17, 15) is 5.11 Å². The maximum atomic E-state index is 10.5. The van der Waals surface area contributed by atoms with Crippen molar-refractivity contribution < 1.29 is 5.11 Å². The molecule has 0 saturated heterocycles.